The van der Waals surface area contributed by atoms with E-state index in [-0.39, 0.29) is 0 Å². The molecule has 5 atom stereocenters. The van der Waals surface area contributed by atoms with Crippen molar-refractivity contribution >= 4 is 0 Å². The predicted octanol–water partition coefficient (Wildman–Crippen LogP) is 4.22. The number of rotatable bonds is 4. The molecule has 4 rings (SSSR count). The standard InChI is InChI=1S/C21H29NO3/c1-15-3-4-19-17-13-23-14-25-20(17)5-9-21(19,2)18(15)8-12-24-16-6-10-22-11-7-16/h6-7,10-11,17-20H,1,3-5,8-9,12-14H2,2H3. The molecule has 2 heterocycles. The van der Waals surface area contributed by atoms with Gasteiger partial charge in [-0.2, -0.15) is 0 Å². The van der Waals surface area contributed by atoms with Gasteiger partial charge in [-0.3, -0.25) is 4.98 Å². The minimum atomic E-state index is 0.294. The Balaban J connectivity index is 1.45. The largest absolute Gasteiger partial charge is 0.493 e. The first kappa shape index (κ1) is 17.0. The molecule has 0 spiro atoms. The summed E-state index contributed by atoms with van der Waals surface area (Å²) >= 11 is 0. The molecule has 0 amide bonds. The fourth-order valence-corrected chi connectivity index (χ4v) is 5.57. The number of pyridine rings is 1. The fourth-order valence-electron chi connectivity index (χ4n) is 5.57. The van der Waals surface area contributed by atoms with Gasteiger partial charge in [-0.1, -0.05) is 19.1 Å². The van der Waals surface area contributed by atoms with Crippen LogP contribution in [0, 0.1) is 23.2 Å². The highest BCUT2D eigenvalue weighted by Crippen LogP contribution is 2.58. The zero-order chi connectivity index (χ0) is 17.3. The molecule has 0 bridgehead atoms. The summed E-state index contributed by atoms with van der Waals surface area (Å²) < 4.78 is 17.5. The van der Waals surface area contributed by atoms with E-state index in [1.165, 1.54) is 18.4 Å². The number of hydrogen-bond acceptors (Lipinski definition) is 4. The number of nitrogens with zero attached hydrogens (tertiary/aromatic N) is 1. The van der Waals surface area contributed by atoms with Crippen LogP contribution in [0.2, 0.25) is 0 Å². The summed E-state index contributed by atoms with van der Waals surface area (Å²) in [5.41, 5.74) is 1.70. The van der Waals surface area contributed by atoms with Gasteiger partial charge in [0.25, 0.3) is 0 Å². The monoisotopic (exact) mass is 343 g/mol. The summed E-state index contributed by atoms with van der Waals surface area (Å²) in [6.45, 7) is 8.97. The Bertz CT molecular complexity index is 604. The van der Waals surface area contributed by atoms with Crippen LogP contribution in [0.4, 0.5) is 0 Å². The van der Waals surface area contributed by atoms with Gasteiger partial charge in [-0.05, 0) is 61.5 Å². The molecule has 1 aliphatic heterocycles. The molecule has 25 heavy (non-hydrogen) atoms. The Morgan fingerprint density at radius 3 is 3.00 bits per heavy atom. The molecule has 2 saturated carbocycles. The maximum Gasteiger partial charge on any atom is 0.147 e. The van der Waals surface area contributed by atoms with Crippen molar-refractivity contribution in [2.24, 2.45) is 23.2 Å². The fraction of sp³-hybridized carbons (Fsp3) is 0.667. The molecule has 0 aromatic carbocycles. The van der Waals surface area contributed by atoms with Crippen molar-refractivity contribution < 1.29 is 14.2 Å². The Kier molecular flexibility index (Phi) is 4.83. The topological polar surface area (TPSA) is 40.6 Å². The second-order valence-corrected chi connectivity index (χ2v) is 8.08. The third-order valence-corrected chi connectivity index (χ3v) is 6.87. The molecular formula is C21H29NO3. The van der Waals surface area contributed by atoms with Crippen LogP contribution in [0.5, 0.6) is 5.75 Å². The lowest BCUT2D eigenvalue weighted by atomic mass is 9.50. The van der Waals surface area contributed by atoms with Crippen molar-refractivity contribution in [1.82, 2.24) is 4.98 Å². The normalized spacial score (nSPS) is 37.9. The maximum absolute atomic E-state index is 5.96. The maximum atomic E-state index is 5.96. The van der Waals surface area contributed by atoms with Gasteiger partial charge in [0.15, 0.2) is 0 Å². The van der Waals surface area contributed by atoms with Crippen molar-refractivity contribution in [3.63, 3.8) is 0 Å². The molecule has 2 aliphatic carbocycles. The van der Waals surface area contributed by atoms with E-state index in [0.717, 1.165) is 38.2 Å². The Hall–Kier alpha value is -1.39. The Labute approximate surface area is 150 Å². The van der Waals surface area contributed by atoms with Crippen molar-refractivity contribution in [3.8, 4) is 5.75 Å². The first-order valence-electron chi connectivity index (χ1n) is 9.58. The van der Waals surface area contributed by atoms with Crippen LogP contribution >= 0.6 is 0 Å². The molecule has 0 N–H and O–H groups in total. The van der Waals surface area contributed by atoms with E-state index < -0.39 is 0 Å². The highest BCUT2D eigenvalue weighted by Gasteiger charge is 2.53. The second-order valence-electron chi connectivity index (χ2n) is 8.08. The highest BCUT2D eigenvalue weighted by molar-refractivity contribution is 5.18. The quantitative estimate of drug-likeness (QED) is 0.768. The van der Waals surface area contributed by atoms with Crippen molar-refractivity contribution in [2.45, 2.75) is 45.1 Å². The van der Waals surface area contributed by atoms with Gasteiger partial charge in [0.1, 0.15) is 12.5 Å². The summed E-state index contributed by atoms with van der Waals surface area (Å²) in [7, 11) is 0. The first-order chi connectivity index (χ1) is 12.2. The lowest BCUT2D eigenvalue weighted by Crippen LogP contribution is -2.54. The van der Waals surface area contributed by atoms with Gasteiger partial charge in [0, 0.05) is 18.3 Å². The first-order valence-corrected chi connectivity index (χ1v) is 9.58. The predicted molar refractivity (Wildman–Crippen MR) is 96.2 cm³/mol. The SMILES string of the molecule is C=C1CCC2C3COCOC3CCC2(C)C1CCOc1ccncc1. The highest BCUT2D eigenvalue weighted by atomic mass is 16.7. The average Bonchev–Trinajstić information content (AvgIpc) is 2.64. The van der Waals surface area contributed by atoms with Crippen LogP contribution in [0.25, 0.3) is 0 Å². The molecule has 5 unspecified atom stereocenters. The van der Waals surface area contributed by atoms with E-state index in [0.29, 0.717) is 36.1 Å². The van der Waals surface area contributed by atoms with Gasteiger partial charge in [0.05, 0.1) is 19.3 Å². The summed E-state index contributed by atoms with van der Waals surface area (Å²) in [5.74, 6) is 2.64. The zero-order valence-electron chi connectivity index (χ0n) is 15.2. The summed E-state index contributed by atoms with van der Waals surface area (Å²) in [4.78, 5) is 4.04. The van der Waals surface area contributed by atoms with Crippen LogP contribution < -0.4 is 4.74 Å². The van der Waals surface area contributed by atoms with Crippen LogP contribution in [-0.4, -0.2) is 31.1 Å². The van der Waals surface area contributed by atoms with Gasteiger partial charge in [0.2, 0.25) is 0 Å². The van der Waals surface area contributed by atoms with Crippen LogP contribution in [0.15, 0.2) is 36.7 Å². The zero-order valence-corrected chi connectivity index (χ0v) is 15.2. The molecule has 3 fully saturated rings. The lowest BCUT2D eigenvalue weighted by molar-refractivity contribution is -0.218. The van der Waals surface area contributed by atoms with Gasteiger partial charge >= 0.3 is 0 Å². The number of hydrogen-bond donors (Lipinski definition) is 0. The average molecular weight is 343 g/mol. The van der Waals surface area contributed by atoms with Crippen LogP contribution in [0.3, 0.4) is 0 Å². The molecule has 1 aromatic heterocycles. The van der Waals surface area contributed by atoms with E-state index in [1.54, 1.807) is 12.4 Å². The number of fused-ring (bicyclic) bond motifs is 3. The molecule has 1 aromatic rings. The minimum Gasteiger partial charge on any atom is -0.493 e. The number of allylic oxidation sites excluding steroid dienone is 1. The van der Waals surface area contributed by atoms with Gasteiger partial charge in [-0.25, -0.2) is 0 Å². The molecule has 4 nitrogen and oxygen atoms in total. The molecule has 0 radical (unpaired) electrons. The molecule has 1 saturated heterocycles. The third-order valence-electron chi connectivity index (χ3n) is 6.87. The number of ether oxygens (including phenoxy) is 3. The Morgan fingerprint density at radius 2 is 2.16 bits per heavy atom. The van der Waals surface area contributed by atoms with Crippen LogP contribution in [-0.2, 0) is 9.47 Å². The summed E-state index contributed by atoms with van der Waals surface area (Å²) in [6.07, 6.45) is 9.70. The molecule has 3 aliphatic rings. The molecular weight excluding hydrogens is 314 g/mol. The van der Waals surface area contributed by atoms with Crippen molar-refractivity contribution in [3.05, 3.63) is 36.7 Å². The molecule has 4 heteroatoms. The summed E-state index contributed by atoms with van der Waals surface area (Å²) in [6, 6.07) is 3.84. The van der Waals surface area contributed by atoms with E-state index in [9.17, 15) is 0 Å². The van der Waals surface area contributed by atoms with Crippen LogP contribution in [0.1, 0.15) is 39.0 Å². The Morgan fingerprint density at radius 1 is 1.32 bits per heavy atom. The van der Waals surface area contributed by atoms with Gasteiger partial charge < -0.3 is 14.2 Å². The second kappa shape index (κ2) is 7.08. The number of aromatic nitrogens is 1. The van der Waals surface area contributed by atoms with E-state index in [4.69, 9.17) is 14.2 Å². The smallest absolute Gasteiger partial charge is 0.147 e. The lowest BCUT2D eigenvalue weighted by Gasteiger charge is -2.57. The molecule has 136 valence electrons. The van der Waals surface area contributed by atoms with Gasteiger partial charge in [-0.15, -0.1) is 0 Å². The summed E-state index contributed by atoms with van der Waals surface area (Å²) in [5, 5.41) is 0. The van der Waals surface area contributed by atoms with E-state index >= 15 is 0 Å². The third kappa shape index (κ3) is 3.22. The minimum absolute atomic E-state index is 0.294. The van der Waals surface area contributed by atoms with E-state index in [2.05, 4.69) is 18.5 Å². The van der Waals surface area contributed by atoms with Crippen molar-refractivity contribution in [1.29, 1.82) is 0 Å². The van der Waals surface area contributed by atoms with Crippen molar-refractivity contribution in [2.75, 3.05) is 20.0 Å². The van der Waals surface area contributed by atoms with E-state index in [1.807, 2.05) is 12.1 Å².